The molecule has 4 N–H and O–H groups in total. The second-order valence-electron chi connectivity index (χ2n) is 7.77. The van der Waals surface area contributed by atoms with E-state index in [1.807, 2.05) is 34.5 Å². The highest BCUT2D eigenvalue weighted by molar-refractivity contribution is 7.12. The third-order valence-corrected chi connectivity index (χ3v) is 6.75. The number of hydrogen-bond acceptors (Lipinski definition) is 5. The monoisotopic (exact) mass is 482 g/mol. The average Bonchev–Trinajstić information content (AvgIpc) is 3.49. The number of likely N-dealkylation sites (tertiary alicyclic amines) is 1. The van der Waals surface area contributed by atoms with Crippen LogP contribution in [0.4, 0.5) is 11.4 Å². The number of hydrogen-bond donors (Lipinski definition) is 3. The highest BCUT2D eigenvalue weighted by atomic mass is 35.5. The third-order valence-electron chi connectivity index (χ3n) is 5.55. The normalized spacial score (nSPS) is 15.8. The Morgan fingerprint density at radius 2 is 1.82 bits per heavy atom. The van der Waals surface area contributed by atoms with Gasteiger partial charge in [0.1, 0.15) is 0 Å². The number of para-hydroxylation sites is 1. The molecule has 2 heterocycles. The van der Waals surface area contributed by atoms with Crippen LogP contribution in [0.2, 0.25) is 5.02 Å². The van der Waals surface area contributed by atoms with E-state index < -0.39 is 0 Å². The van der Waals surface area contributed by atoms with Gasteiger partial charge in [0.25, 0.3) is 11.8 Å². The van der Waals surface area contributed by atoms with Gasteiger partial charge in [-0.25, -0.2) is 0 Å². The van der Waals surface area contributed by atoms with Crippen LogP contribution in [-0.4, -0.2) is 35.2 Å². The van der Waals surface area contributed by atoms with Crippen LogP contribution in [0.25, 0.3) is 0 Å². The van der Waals surface area contributed by atoms with Gasteiger partial charge >= 0.3 is 0 Å². The quantitative estimate of drug-likeness (QED) is 0.465. The van der Waals surface area contributed by atoms with Crippen molar-refractivity contribution in [2.24, 2.45) is 5.73 Å². The molecule has 0 radical (unpaired) electrons. The molecular formula is C24H23ClN4O3S. The summed E-state index contributed by atoms with van der Waals surface area (Å²) >= 11 is 7.56. The topological polar surface area (TPSA) is 105 Å². The summed E-state index contributed by atoms with van der Waals surface area (Å²) in [5, 5.41) is 7.84. The largest absolute Gasteiger partial charge is 0.368 e. The van der Waals surface area contributed by atoms with Crippen molar-refractivity contribution in [3.8, 4) is 0 Å². The molecule has 1 atom stereocenters. The lowest BCUT2D eigenvalue weighted by Gasteiger charge is -2.23. The molecule has 4 rings (SSSR count). The van der Waals surface area contributed by atoms with Crippen LogP contribution >= 0.6 is 22.9 Å². The Labute approximate surface area is 200 Å². The zero-order chi connectivity index (χ0) is 23.4. The first-order chi connectivity index (χ1) is 15.9. The number of nitrogens with two attached hydrogens (primary N) is 1. The highest BCUT2D eigenvalue weighted by Crippen LogP contribution is 2.27. The number of primary amides is 1. The van der Waals surface area contributed by atoms with Crippen LogP contribution in [0.5, 0.6) is 0 Å². The minimum Gasteiger partial charge on any atom is -0.368 e. The number of halogens is 1. The van der Waals surface area contributed by atoms with E-state index in [0.29, 0.717) is 33.4 Å². The average molecular weight is 483 g/mol. The smallest absolute Gasteiger partial charge is 0.265 e. The minimum absolute atomic E-state index is 0.288. The van der Waals surface area contributed by atoms with Crippen LogP contribution in [0, 0.1) is 0 Å². The lowest BCUT2D eigenvalue weighted by atomic mass is 10.1. The number of benzene rings is 2. The lowest BCUT2D eigenvalue weighted by molar-refractivity contribution is -0.122. The fraction of sp³-hybridized carbons (Fsp3) is 0.208. The highest BCUT2D eigenvalue weighted by Gasteiger charge is 2.29. The molecule has 3 amide bonds. The summed E-state index contributed by atoms with van der Waals surface area (Å²) in [6.07, 6.45) is 1.65. The van der Waals surface area contributed by atoms with Gasteiger partial charge in [-0.1, -0.05) is 35.9 Å². The SMILES string of the molecule is NC(=O)C1CCCN1Cc1ccccc1NC(=O)c1ccc(Cl)c(NC(=O)c2cccs2)c1. The van der Waals surface area contributed by atoms with E-state index >= 15 is 0 Å². The van der Waals surface area contributed by atoms with Crippen LogP contribution in [0.15, 0.2) is 60.0 Å². The van der Waals surface area contributed by atoms with Gasteiger partial charge in [0.15, 0.2) is 0 Å². The number of nitrogens with one attached hydrogen (secondary N) is 2. The summed E-state index contributed by atoms with van der Waals surface area (Å²) in [5.74, 6) is -0.949. The summed E-state index contributed by atoms with van der Waals surface area (Å²) in [6, 6.07) is 15.4. The molecule has 1 aromatic heterocycles. The molecule has 1 unspecified atom stereocenters. The molecule has 1 aliphatic heterocycles. The summed E-state index contributed by atoms with van der Waals surface area (Å²) < 4.78 is 0. The third kappa shape index (κ3) is 5.42. The summed E-state index contributed by atoms with van der Waals surface area (Å²) in [6.45, 7) is 1.28. The molecule has 7 nitrogen and oxygen atoms in total. The predicted octanol–water partition coefficient (Wildman–Crippen LogP) is 4.36. The Hall–Kier alpha value is -3.20. The molecule has 0 bridgehead atoms. The molecule has 33 heavy (non-hydrogen) atoms. The predicted molar refractivity (Wildman–Crippen MR) is 131 cm³/mol. The van der Waals surface area contributed by atoms with E-state index in [-0.39, 0.29) is 23.8 Å². The summed E-state index contributed by atoms with van der Waals surface area (Å²) in [7, 11) is 0. The van der Waals surface area contributed by atoms with Gasteiger partial charge in [0.05, 0.1) is 21.6 Å². The van der Waals surface area contributed by atoms with E-state index in [9.17, 15) is 14.4 Å². The Bertz CT molecular complexity index is 1180. The van der Waals surface area contributed by atoms with Gasteiger partial charge in [-0.15, -0.1) is 11.3 Å². The molecule has 1 aliphatic rings. The maximum absolute atomic E-state index is 13.0. The van der Waals surface area contributed by atoms with E-state index in [2.05, 4.69) is 10.6 Å². The molecule has 2 aromatic carbocycles. The molecule has 9 heteroatoms. The van der Waals surface area contributed by atoms with Gasteiger partial charge in [-0.05, 0) is 60.7 Å². The van der Waals surface area contributed by atoms with Crippen molar-refractivity contribution in [3.05, 3.63) is 81.0 Å². The first-order valence-corrected chi connectivity index (χ1v) is 11.7. The first kappa shape index (κ1) is 23.0. The number of amides is 3. The van der Waals surface area contributed by atoms with Gasteiger partial charge in [-0.2, -0.15) is 0 Å². The van der Waals surface area contributed by atoms with Crippen LogP contribution < -0.4 is 16.4 Å². The molecule has 0 aliphatic carbocycles. The van der Waals surface area contributed by atoms with Crippen molar-refractivity contribution in [1.82, 2.24) is 4.90 Å². The number of thiophene rings is 1. The molecule has 1 fully saturated rings. The van der Waals surface area contributed by atoms with Crippen LogP contribution in [0.1, 0.15) is 38.4 Å². The second kappa shape index (κ2) is 10.2. The summed E-state index contributed by atoms with van der Waals surface area (Å²) in [5.41, 5.74) is 7.79. The van der Waals surface area contributed by atoms with E-state index in [1.54, 1.807) is 30.3 Å². The Balaban J connectivity index is 1.50. The molecule has 3 aromatic rings. The van der Waals surface area contributed by atoms with Gasteiger partial charge in [0.2, 0.25) is 5.91 Å². The van der Waals surface area contributed by atoms with Crippen molar-refractivity contribution >= 4 is 52.0 Å². The maximum Gasteiger partial charge on any atom is 0.265 e. The number of nitrogens with zero attached hydrogens (tertiary/aromatic N) is 1. The van der Waals surface area contributed by atoms with Crippen molar-refractivity contribution in [1.29, 1.82) is 0 Å². The molecular weight excluding hydrogens is 460 g/mol. The Kier molecular flexibility index (Phi) is 7.08. The van der Waals surface area contributed by atoms with Gasteiger partial charge in [0, 0.05) is 17.8 Å². The maximum atomic E-state index is 13.0. The van der Waals surface area contributed by atoms with Crippen molar-refractivity contribution in [2.75, 3.05) is 17.2 Å². The summed E-state index contributed by atoms with van der Waals surface area (Å²) in [4.78, 5) is 39.7. The van der Waals surface area contributed by atoms with Gasteiger partial charge in [-0.3, -0.25) is 19.3 Å². The van der Waals surface area contributed by atoms with Crippen molar-refractivity contribution in [2.45, 2.75) is 25.4 Å². The van der Waals surface area contributed by atoms with E-state index in [0.717, 1.165) is 24.9 Å². The second-order valence-corrected chi connectivity index (χ2v) is 9.12. The number of carbonyl (C=O) groups is 3. The fourth-order valence-electron chi connectivity index (χ4n) is 3.88. The van der Waals surface area contributed by atoms with E-state index in [1.165, 1.54) is 11.3 Å². The first-order valence-electron chi connectivity index (χ1n) is 10.5. The van der Waals surface area contributed by atoms with Crippen molar-refractivity contribution in [3.63, 3.8) is 0 Å². The van der Waals surface area contributed by atoms with Crippen molar-refractivity contribution < 1.29 is 14.4 Å². The lowest BCUT2D eigenvalue weighted by Crippen LogP contribution is -2.39. The zero-order valence-corrected chi connectivity index (χ0v) is 19.3. The number of rotatable bonds is 7. The number of carbonyl (C=O) groups excluding carboxylic acids is 3. The van der Waals surface area contributed by atoms with Gasteiger partial charge < -0.3 is 16.4 Å². The Morgan fingerprint density at radius 3 is 2.58 bits per heavy atom. The standard InChI is InChI=1S/C24H23ClN4O3S/c25-17-10-9-15(13-19(17)28-24(32)21-8-4-12-33-21)23(31)27-18-6-2-1-5-16(18)14-29-11-3-7-20(29)22(26)30/h1-2,4-6,8-10,12-13,20H,3,7,11,14H2,(H2,26,30)(H,27,31)(H,28,32). The Morgan fingerprint density at radius 1 is 1.03 bits per heavy atom. The molecule has 1 saturated heterocycles. The van der Waals surface area contributed by atoms with Crippen LogP contribution in [-0.2, 0) is 11.3 Å². The fourth-order valence-corrected chi connectivity index (χ4v) is 4.67. The number of anilines is 2. The van der Waals surface area contributed by atoms with E-state index in [4.69, 9.17) is 17.3 Å². The zero-order valence-electron chi connectivity index (χ0n) is 17.7. The molecule has 0 saturated carbocycles. The molecule has 0 spiro atoms. The minimum atomic E-state index is -0.335. The molecule has 170 valence electrons. The van der Waals surface area contributed by atoms with Crippen LogP contribution in [0.3, 0.4) is 0 Å².